The number of anilines is 1. The molecule has 2 aromatic heterocycles. The van der Waals surface area contributed by atoms with E-state index >= 15 is 0 Å². The maximum Gasteiger partial charge on any atom is 0.129 e. The number of ether oxygens (including phenoxy) is 1. The van der Waals surface area contributed by atoms with Crippen molar-refractivity contribution < 1.29 is 19.4 Å². The second-order valence-corrected chi connectivity index (χ2v) is 5.47. The molecular formula is C18H21N3O4. The zero-order valence-corrected chi connectivity index (χ0v) is 14.0. The van der Waals surface area contributed by atoms with Gasteiger partial charge in [-0.15, -0.1) is 0 Å². The van der Waals surface area contributed by atoms with E-state index in [0.717, 1.165) is 22.8 Å². The third kappa shape index (κ3) is 4.01. The van der Waals surface area contributed by atoms with Gasteiger partial charge in [-0.25, -0.2) is 4.68 Å². The summed E-state index contributed by atoms with van der Waals surface area (Å²) >= 11 is 0. The van der Waals surface area contributed by atoms with Gasteiger partial charge in [-0.3, -0.25) is 0 Å². The molecule has 2 heterocycles. The maximum atomic E-state index is 9.27. The van der Waals surface area contributed by atoms with E-state index < -0.39 is 0 Å². The lowest BCUT2D eigenvalue weighted by Gasteiger charge is -2.07. The van der Waals surface area contributed by atoms with Crippen LogP contribution in [0.2, 0.25) is 0 Å². The summed E-state index contributed by atoms with van der Waals surface area (Å²) < 4.78 is 12.4. The van der Waals surface area contributed by atoms with Crippen LogP contribution in [-0.2, 0) is 19.7 Å². The molecule has 0 spiro atoms. The highest BCUT2D eigenvalue weighted by Crippen LogP contribution is 2.25. The number of aliphatic hydroxyl groups excluding tert-OH is 2. The number of nitrogens with zero attached hydrogens (tertiary/aromatic N) is 2. The van der Waals surface area contributed by atoms with Crippen LogP contribution in [0.4, 0.5) is 5.82 Å². The van der Waals surface area contributed by atoms with Crippen LogP contribution in [0.1, 0.15) is 11.5 Å². The summed E-state index contributed by atoms with van der Waals surface area (Å²) in [4.78, 5) is 0. The Bertz CT molecular complexity index is 825. The first kappa shape index (κ1) is 17.1. The molecule has 0 amide bonds. The monoisotopic (exact) mass is 343 g/mol. The van der Waals surface area contributed by atoms with Gasteiger partial charge in [0.15, 0.2) is 0 Å². The largest absolute Gasteiger partial charge is 0.497 e. The average Bonchev–Trinajstić information content (AvgIpc) is 3.27. The van der Waals surface area contributed by atoms with Crippen molar-refractivity contribution in [1.29, 1.82) is 0 Å². The molecule has 0 aliphatic rings. The molecule has 1 aromatic carbocycles. The summed E-state index contributed by atoms with van der Waals surface area (Å²) in [5.41, 5.74) is 1.71. The Morgan fingerprint density at radius 2 is 2.00 bits per heavy atom. The van der Waals surface area contributed by atoms with Gasteiger partial charge < -0.3 is 24.7 Å². The van der Waals surface area contributed by atoms with Gasteiger partial charge in [0.2, 0.25) is 0 Å². The third-order valence-electron chi connectivity index (χ3n) is 3.77. The van der Waals surface area contributed by atoms with Gasteiger partial charge in [0.1, 0.15) is 29.7 Å². The molecule has 0 atom stereocenters. The molecule has 0 aliphatic heterocycles. The number of hydrogen-bond acceptors (Lipinski definition) is 6. The topological polar surface area (TPSA) is 92.7 Å². The van der Waals surface area contributed by atoms with E-state index in [9.17, 15) is 5.11 Å². The van der Waals surface area contributed by atoms with Gasteiger partial charge in [0.05, 0.1) is 32.5 Å². The highest BCUT2D eigenvalue weighted by molar-refractivity contribution is 5.64. The van der Waals surface area contributed by atoms with Crippen molar-refractivity contribution in [2.75, 3.05) is 19.0 Å². The van der Waals surface area contributed by atoms with Crippen LogP contribution in [0.5, 0.6) is 5.75 Å². The molecule has 7 heteroatoms. The normalized spacial score (nSPS) is 10.8. The first-order valence-corrected chi connectivity index (χ1v) is 7.99. The highest BCUT2D eigenvalue weighted by Gasteiger charge is 2.11. The molecule has 3 N–H and O–H groups in total. The molecule has 0 saturated heterocycles. The van der Waals surface area contributed by atoms with Gasteiger partial charge in [-0.05, 0) is 24.3 Å². The summed E-state index contributed by atoms with van der Waals surface area (Å²) in [5, 5.41) is 26.1. The Morgan fingerprint density at radius 1 is 1.16 bits per heavy atom. The molecular weight excluding hydrogens is 322 g/mol. The summed E-state index contributed by atoms with van der Waals surface area (Å²) in [6, 6.07) is 13.1. The number of nitrogens with one attached hydrogen (secondary N) is 1. The molecule has 3 rings (SSSR count). The van der Waals surface area contributed by atoms with Crippen molar-refractivity contribution in [3.8, 4) is 17.0 Å². The molecule has 7 nitrogen and oxygen atoms in total. The molecule has 0 saturated carbocycles. The van der Waals surface area contributed by atoms with Crippen LogP contribution >= 0.6 is 0 Å². The van der Waals surface area contributed by atoms with E-state index in [-0.39, 0.29) is 13.2 Å². The third-order valence-corrected chi connectivity index (χ3v) is 3.77. The quantitative estimate of drug-likeness (QED) is 0.581. The van der Waals surface area contributed by atoms with Crippen molar-refractivity contribution in [3.63, 3.8) is 0 Å². The van der Waals surface area contributed by atoms with Crippen LogP contribution in [-0.4, -0.2) is 33.7 Å². The van der Waals surface area contributed by atoms with E-state index in [2.05, 4.69) is 10.4 Å². The number of rotatable bonds is 8. The smallest absolute Gasteiger partial charge is 0.129 e. The molecule has 0 unspecified atom stereocenters. The van der Waals surface area contributed by atoms with Gasteiger partial charge in [0, 0.05) is 11.6 Å². The number of aromatic nitrogens is 2. The van der Waals surface area contributed by atoms with E-state index in [1.54, 1.807) is 17.9 Å². The minimum absolute atomic E-state index is 0.0106. The first-order chi connectivity index (χ1) is 12.2. The maximum absolute atomic E-state index is 9.27. The summed E-state index contributed by atoms with van der Waals surface area (Å²) in [6.07, 6.45) is 0. The molecule has 25 heavy (non-hydrogen) atoms. The molecule has 132 valence electrons. The van der Waals surface area contributed by atoms with Crippen molar-refractivity contribution in [2.45, 2.75) is 19.7 Å². The highest BCUT2D eigenvalue weighted by atomic mass is 16.5. The number of benzene rings is 1. The fourth-order valence-electron chi connectivity index (χ4n) is 2.53. The number of hydrogen-bond donors (Lipinski definition) is 3. The van der Waals surface area contributed by atoms with Crippen LogP contribution in [0, 0.1) is 0 Å². The van der Waals surface area contributed by atoms with Crippen molar-refractivity contribution in [2.24, 2.45) is 0 Å². The van der Waals surface area contributed by atoms with E-state index in [0.29, 0.717) is 24.6 Å². The fourth-order valence-corrected chi connectivity index (χ4v) is 2.53. The SMILES string of the molecule is COc1cccc(-c2cc(NCc3ccc(CO)o3)n(CCO)n2)c1. The summed E-state index contributed by atoms with van der Waals surface area (Å²) in [5.74, 6) is 2.77. The van der Waals surface area contributed by atoms with Crippen molar-refractivity contribution >= 4 is 5.82 Å². The first-order valence-electron chi connectivity index (χ1n) is 7.99. The van der Waals surface area contributed by atoms with Crippen LogP contribution in [0.3, 0.4) is 0 Å². The summed E-state index contributed by atoms with van der Waals surface area (Å²) in [6.45, 7) is 0.701. The van der Waals surface area contributed by atoms with Gasteiger partial charge in [-0.2, -0.15) is 5.10 Å². The minimum atomic E-state index is -0.123. The molecule has 0 aliphatic carbocycles. The predicted molar refractivity (Wildman–Crippen MR) is 93.3 cm³/mol. The van der Waals surface area contributed by atoms with Crippen LogP contribution in [0.15, 0.2) is 46.9 Å². The fraction of sp³-hybridized carbons (Fsp3) is 0.278. The van der Waals surface area contributed by atoms with Gasteiger partial charge in [0.25, 0.3) is 0 Å². The minimum Gasteiger partial charge on any atom is -0.497 e. The van der Waals surface area contributed by atoms with E-state index in [4.69, 9.17) is 14.3 Å². The standard InChI is InChI=1S/C18H21N3O4/c1-24-14-4-2-3-13(9-14)17-10-18(21(20-17)7-8-22)19-11-15-5-6-16(12-23)25-15/h2-6,9-10,19,22-23H,7-8,11-12H2,1H3. The lowest BCUT2D eigenvalue weighted by Crippen LogP contribution is -2.10. The average molecular weight is 343 g/mol. The van der Waals surface area contributed by atoms with Gasteiger partial charge in [-0.1, -0.05) is 12.1 Å². The molecule has 0 fully saturated rings. The second kappa shape index (κ2) is 7.87. The Hall–Kier alpha value is -2.77. The van der Waals surface area contributed by atoms with Crippen LogP contribution < -0.4 is 10.1 Å². The van der Waals surface area contributed by atoms with E-state index in [1.807, 2.05) is 36.4 Å². The predicted octanol–water partition coefficient (Wildman–Crippen LogP) is 2.25. The lowest BCUT2D eigenvalue weighted by atomic mass is 10.1. The number of methoxy groups -OCH3 is 1. The number of furan rings is 1. The molecule has 0 radical (unpaired) electrons. The molecule has 0 bridgehead atoms. The molecule has 3 aromatic rings. The van der Waals surface area contributed by atoms with E-state index in [1.165, 1.54) is 0 Å². The second-order valence-electron chi connectivity index (χ2n) is 5.47. The summed E-state index contributed by atoms with van der Waals surface area (Å²) in [7, 11) is 1.63. The lowest BCUT2D eigenvalue weighted by molar-refractivity contribution is 0.244. The Morgan fingerprint density at radius 3 is 2.72 bits per heavy atom. The number of aliphatic hydroxyl groups is 2. The Balaban J connectivity index is 1.81. The Kier molecular flexibility index (Phi) is 5.37. The van der Waals surface area contributed by atoms with Gasteiger partial charge >= 0.3 is 0 Å². The zero-order valence-electron chi connectivity index (χ0n) is 14.0. The van der Waals surface area contributed by atoms with Crippen molar-refractivity contribution in [1.82, 2.24) is 9.78 Å². The zero-order chi connectivity index (χ0) is 17.6. The van der Waals surface area contributed by atoms with Crippen LogP contribution in [0.25, 0.3) is 11.3 Å². The Labute approximate surface area is 145 Å². The van der Waals surface area contributed by atoms with Crippen molar-refractivity contribution in [3.05, 3.63) is 54.0 Å².